The van der Waals surface area contributed by atoms with Crippen molar-refractivity contribution in [2.24, 2.45) is 0 Å². The van der Waals surface area contributed by atoms with E-state index in [0.29, 0.717) is 0 Å². The predicted octanol–water partition coefficient (Wildman–Crippen LogP) is 1.92. The van der Waals surface area contributed by atoms with Gasteiger partial charge in [0.05, 0.1) is 6.10 Å². The zero-order chi connectivity index (χ0) is 9.10. The lowest BCUT2D eigenvalue weighted by Crippen LogP contribution is -2.19. The number of aliphatic hydroxyl groups excluding tert-OH is 1. The minimum absolute atomic E-state index is 0.272. The Kier molecular flexibility index (Phi) is 2.98. The smallest absolute Gasteiger partial charge is 0.0894 e. The maximum absolute atomic E-state index is 9.71. The van der Waals surface area contributed by atoms with Gasteiger partial charge in [0.15, 0.2) is 0 Å². The molecule has 72 valence electrons. The lowest BCUT2D eigenvalue weighted by atomic mass is 10.2. The molecule has 0 aromatic carbocycles. The SMILES string of the molecule is OC(CCNC1CC1)c1cccs1. The Morgan fingerprint density at radius 3 is 3.08 bits per heavy atom. The second-order valence-electron chi connectivity index (χ2n) is 3.55. The molecule has 1 aliphatic carbocycles. The molecule has 2 rings (SSSR count). The second-order valence-corrected chi connectivity index (χ2v) is 4.53. The van der Waals surface area contributed by atoms with Crippen LogP contribution < -0.4 is 5.32 Å². The molecule has 1 heterocycles. The van der Waals surface area contributed by atoms with E-state index in [0.717, 1.165) is 23.9 Å². The van der Waals surface area contributed by atoms with Crippen molar-refractivity contribution in [2.45, 2.75) is 31.4 Å². The molecule has 1 aromatic rings. The van der Waals surface area contributed by atoms with E-state index in [1.54, 1.807) is 11.3 Å². The van der Waals surface area contributed by atoms with E-state index in [-0.39, 0.29) is 6.10 Å². The van der Waals surface area contributed by atoms with Crippen molar-refractivity contribution in [1.29, 1.82) is 0 Å². The van der Waals surface area contributed by atoms with Crippen LogP contribution in [0.2, 0.25) is 0 Å². The Hall–Kier alpha value is -0.380. The summed E-state index contributed by atoms with van der Waals surface area (Å²) in [6.07, 6.45) is 3.19. The normalized spacial score (nSPS) is 18.8. The molecule has 13 heavy (non-hydrogen) atoms. The van der Waals surface area contributed by atoms with Crippen molar-refractivity contribution < 1.29 is 5.11 Å². The number of hydrogen-bond donors (Lipinski definition) is 2. The molecule has 1 fully saturated rings. The fourth-order valence-corrected chi connectivity index (χ4v) is 2.08. The number of thiophene rings is 1. The van der Waals surface area contributed by atoms with Crippen LogP contribution in [-0.2, 0) is 0 Å². The van der Waals surface area contributed by atoms with Gasteiger partial charge in [0, 0.05) is 10.9 Å². The fraction of sp³-hybridized carbons (Fsp3) is 0.600. The van der Waals surface area contributed by atoms with Crippen LogP contribution >= 0.6 is 11.3 Å². The molecule has 2 nitrogen and oxygen atoms in total. The highest BCUT2D eigenvalue weighted by atomic mass is 32.1. The molecular weight excluding hydrogens is 182 g/mol. The number of rotatable bonds is 5. The first-order chi connectivity index (χ1) is 6.36. The van der Waals surface area contributed by atoms with Gasteiger partial charge in [0.25, 0.3) is 0 Å². The highest BCUT2D eigenvalue weighted by Crippen LogP contribution is 2.22. The van der Waals surface area contributed by atoms with E-state index >= 15 is 0 Å². The van der Waals surface area contributed by atoms with Crippen LogP contribution in [0.4, 0.5) is 0 Å². The first-order valence-electron chi connectivity index (χ1n) is 4.81. The van der Waals surface area contributed by atoms with Gasteiger partial charge < -0.3 is 10.4 Å². The third-order valence-electron chi connectivity index (χ3n) is 2.30. The van der Waals surface area contributed by atoms with Crippen LogP contribution in [0, 0.1) is 0 Å². The summed E-state index contributed by atoms with van der Waals surface area (Å²) in [5, 5.41) is 15.1. The average molecular weight is 197 g/mol. The van der Waals surface area contributed by atoms with Gasteiger partial charge in [-0.05, 0) is 37.3 Å². The van der Waals surface area contributed by atoms with Gasteiger partial charge in [0.2, 0.25) is 0 Å². The maximum atomic E-state index is 9.71. The molecule has 3 heteroatoms. The zero-order valence-corrected chi connectivity index (χ0v) is 8.39. The molecule has 0 aliphatic heterocycles. The van der Waals surface area contributed by atoms with Gasteiger partial charge in [-0.15, -0.1) is 11.3 Å². The van der Waals surface area contributed by atoms with Crippen molar-refractivity contribution in [3.8, 4) is 0 Å². The highest BCUT2D eigenvalue weighted by Gasteiger charge is 2.20. The quantitative estimate of drug-likeness (QED) is 0.756. The summed E-state index contributed by atoms with van der Waals surface area (Å²) in [5.74, 6) is 0. The zero-order valence-electron chi connectivity index (χ0n) is 7.57. The molecule has 0 amide bonds. The molecule has 1 atom stereocenters. The summed E-state index contributed by atoms with van der Waals surface area (Å²) in [7, 11) is 0. The summed E-state index contributed by atoms with van der Waals surface area (Å²) in [5.41, 5.74) is 0. The van der Waals surface area contributed by atoms with E-state index < -0.39 is 0 Å². The fourth-order valence-electron chi connectivity index (χ4n) is 1.33. The average Bonchev–Trinajstić information content (AvgIpc) is 2.80. The Labute approximate surface area is 82.6 Å². The third kappa shape index (κ3) is 2.79. The van der Waals surface area contributed by atoms with E-state index in [4.69, 9.17) is 0 Å². The molecular formula is C10H15NOS. The Balaban J connectivity index is 1.68. The van der Waals surface area contributed by atoms with Crippen LogP contribution in [0.3, 0.4) is 0 Å². The summed E-state index contributed by atoms with van der Waals surface area (Å²) in [6.45, 7) is 0.934. The van der Waals surface area contributed by atoms with Crippen LogP contribution in [0.1, 0.15) is 30.2 Å². The third-order valence-corrected chi connectivity index (χ3v) is 3.27. The summed E-state index contributed by atoms with van der Waals surface area (Å²) in [4.78, 5) is 1.08. The van der Waals surface area contributed by atoms with Gasteiger partial charge in [-0.1, -0.05) is 6.07 Å². The molecule has 2 N–H and O–H groups in total. The molecule has 0 saturated heterocycles. The summed E-state index contributed by atoms with van der Waals surface area (Å²) >= 11 is 1.63. The minimum Gasteiger partial charge on any atom is -0.388 e. The molecule has 0 radical (unpaired) electrons. The monoisotopic (exact) mass is 197 g/mol. The first-order valence-corrected chi connectivity index (χ1v) is 5.69. The predicted molar refractivity (Wildman–Crippen MR) is 54.9 cm³/mol. The lowest BCUT2D eigenvalue weighted by Gasteiger charge is -2.08. The summed E-state index contributed by atoms with van der Waals surface area (Å²) in [6, 6.07) is 4.72. The van der Waals surface area contributed by atoms with E-state index in [2.05, 4.69) is 5.32 Å². The van der Waals surface area contributed by atoms with Crippen molar-refractivity contribution in [3.05, 3.63) is 22.4 Å². The standard InChI is InChI=1S/C10H15NOS/c12-9(10-2-1-7-13-10)5-6-11-8-3-4-8/h1-2,7-9,11-12H,3-6H2. The molecule has 0 bridgehead atoms. The Morgan fingerprint density at radius 2 is 2.46 bits per heavy atom. The maximum Gasteiger partial charge on any atom is 0.0894 e. The number of aliphatic hydroxyl groups is 1. The van der Waals surface area contributed by atoms with Gasteiger partial charge in [-0.2, -0.15) is 0 Å². The van der Waals surface area contributed by atoms with Crippen molar-refractivity contribution >= 4 is 11.3 Å². The number of hydrogen-bond acceptors (Lipinski definition) is 3. The first kappa shape index (κ1) is 9.19. The van der Waals surface area contributed by atoms with Crippen LogP contribution in [0.15, 0.2) is 17.5 Å². The lowest BCUT2D eigenvalue weighted by molar-refractivity contribution is 0.170. The highest BCUT2D eigenvalue weighted by molar-refractivity contribution is 7.10. The number of nitrogens with one attached hydrogen (secondary N) is 1. The van der Waals surface area contributed by atoms with Crippen LogP contribution in [-0.4, -0.2) is 17.7 Å². The van der Waals surface area contributed by atoms with E-state index in [1.165, 1.54) is 12.8 Å². The van der Waals surface area contributed by atoms with Crippen LogP contribution in [0.5, 0.6) is 0 Å². The van der Waals surface area contributed by atoms with Gasteiger partial charge in [-0.3, -0.25) is 0 Å². The Morgan fingerprint density at radius 1 is 1.62 bits per heavy atom. The molecule has 1 aromatic heterocycles. The topological polar surface area (TPSA) is 32.3 Å². The van der Waals surface area contributed by atoms with Crippen molar-refractivity contribution in [2.75, 3.05) is 6.54 Å². The minimum atomic E-state index is -0.272. The van der Waals surface area contributed by atoms with Gasteiger partial charge in [0.1, 0.15) is 0 Å². The molecule has 0 spiro atoms. The molecule has 1 aliphatic rings. The largest absolute Gasteiger partial charge is 0.388 e. The van der Waals surface area contributed by atoms with Gasteiger partial charge >= 0.3 is 0 Å². The van der Waals surface area contributed by atoms with Gasteiger partial charge in [-0.25, -0.2) is 0 Å². The van der Waals surface area contributed by atoms with Crippen molar-refractivity contribution in [3.63, 3.8) is 0 Å². The van der Waals surface area contributed by atoms with E-state index in [1.807, 2.05) is 17.5 Å². The second kappa shape index (κ2) is 4.22. The molecule has 1 saturated carbocycles. The molecule has 1 unspecified atom stereocenters. The van der Waals surface area contributed by atoms with E-state index in [9.17, 15) is 5.11 Å². The van der Waals surface area contributed by atoms with Crippen LogP contribution in [0.25, 0.3) is 0 Å². The van der Waals surface area contributed by atoms with Crippen molar-refractivity contribution in [1.82, 2.24) is 5.32 Å². The Bertz CT molecular complexity index is 243. The summed E-state index contributed by atoms with van der Waals surface area (Å²) < 4.78 is 0.